The molecule has 0 radical (unpaired) electrons. The standard InChI is InChI=1S/C15H9F2IN2O/c16-9-4-5-11(12(17)7-9)13-14(20-21-15(13)19)8-2-1-3-10(18)6-8/h1-7H,19H2. The summed E-state index contributed by atoms with van der Waals surface area (Å²) in [5.74, 6) is -1.37. The molecule has 3 nitrogen and oxygen atoms in total. The second-order valence-electron chi connectivity index (χ2n) is 4.40. The minimum Gasteiger partial charge on any atom is -0.367 e. The lowest BCUT2D eigenvalue weighted by Gasteiger charge is -2.05. The Hall–Kier alpha value is -1.96. The summed E-state index contributed by atoms with van der Waals surface area (Å²) in [6.45, 7) is 0. The molecule has 3 rings (SSSR count). The van der Waals surface area contributed by atoms with E-state index in [1.54, 1.807) is 0 Å². The van der Waals surface area contributed by atoms with Crippen LogP contribution in [0.2, 0.25) is 0 Å². The minimum absolute atomic E-state index is 0.00521. The van der Waals surface area contributed by atoms with Gasteiger partial charge in [0.25, 0.3) is 0 Å². The molecule has 2 N–H and O–H groups in total. The van der Waals surface area contributed by atoms with Gasteiger partial charge in [-0.3, -0.25) is 0 Å². The van der Waals surface area contributed by atoms with Gasteiger partial charge in [0.2, 0.25) is 5.88 Å². The van der Waals surface area contributed by atoms with Crippen molar-refractivity contribution in [3.05, 3.63) is 57.7 Å². The van der Waals surface area contributed by atoms with Gasteiger partial charge in [-0.1, -0.05) is 17.3 Å². The SMILES string of the molecule is Nc1onc(-c2cccc(I)c2)c1-c1ccc(F)cc1F. The molecule has 0 bridgehead atoms. The fraction of sp³-hybridized carbons (Fsp3) is 0. The van der Waals surface area contributed by atoms with Crippen molar-refractivity contribution in [3.63, 3.8) is 0 Å². The van der Waals surface area contributed by atoms with E-state index in [1.165, 1.54) is 12.1 Å². The van der Waals surface area contributed by atoms with Crippen molar-refractivity contribution in [1.29, 1.82) is 0 Å². The monoisotopic (exact) mass is 398 g/mol. The van der Waals surface area contributed by atoms with Gasteiger partial charge < -0.3 is 10.3 Å². The summed E-state index contributed by atoms with van der Waals surface area (Å²) in [6.07, 6.45) is 0. The first-order valence-corrected chi connectivity index (χ1v) is 7.10. The van der Waals surface area contributed by atoms with E-state index >= 15 is 0 Å². The summed E-state index contributed by atoms with van der Waals surface area (Å²) < 4.78 is 33.0. The van der Waals surface area contributed by atoms with Crippen molar-refractivity contribution in [2.24, 2.45) is 0 Å². The molecule has 0 unspecified atom stereocenters. The highest BCUT2D eigenvalue weighted by atomic mass is 127. The van der Waals surface area contributed by atoms with Gasteiger partial charge in [0.05, 0.1) is 5.56 Å². The van der Waals surface area contributed by atoms with E-state index in [2.05, 4.69) is 27.7 Å². The van der Waals surface area contributed by atoms with E-state index in [0.29, 0.717) is 11.3 Å². The Morgan fingerprint density at radius 1 is 1.10 bits per heavy atom. The van der Waals surface area contributed by atoms with Crippen molar-refractivity contribution in [1.82, 2.24) is 5.16 Å². The first kappa shape index (κ1) is 14.0. The number of halogens is 3. The quantitative estimate of drug-likeness (QED) is 0.648. The largest absolute Gasteiger partial charge is 0.367 e. The number of hydrogen-bond acceptors (Lipinski definition) is 3. The van der Waals surface area contributed by atoms with Crippen LogP contribution in [0.1, 0.15) is 0 Å². The molecule has 106 valence electrons. The maximum absolute atomic E-state index is 14.0. The minimum atomic E-state index is -0.711. The fourth-order valence-electron chi connectivity index (χ4n) is 2.09. The zero-order valence-corrected chi connectivity index (χ0v) is 12.8. The molecule has 0 saturated carbocycles. The Bertz CT molecular complexity index is 817. The lowest BCUT2D eigenvalue weighted by atomic mass is 10.0. The van der Waals surface area contributed by atoms with Crippen molar-refractivity contribution in [2.75, 3.05) is 5.73 Å². The summed E-state index contributed by atoms with van der Waals surface area (Å²) in [6, 6.07) is 10.8. The van der Waals surface area contributed by atoms with Crippen LogP contribution in [0.15, 0.2) is 47.0 Å². The number of benzene rings is 2. The molecule has 0 aliphatic carbocycles. The van der Waals surface area contributed by atoms with Crippen LogP contribution in [-0.4, -0.2) is 5.16 Å². The third-order valence-electron chi connectivity index (χ3n) is 3.02. The van der Waals surface area contributed by atoms with Crippen LogP contribution in [-0.2, 0) is 0 Å². The predicted molar refractivity (Wildman–Crippen MR) is 84.4 cm³/mol. The zero-order valence-electron chi connectivity index (χ0n) is 10.6. The molecule has 0 spiro atoms. The van der Waals surface area contributed by atoms with Gasteiger partial charge in [-0.25, -0.2) is 8.78 Å². The molecule has 0 aliphatic rings. The van der Waals surface area contributed by atoms with Crippen molar-refractivity contribution >= 4 is 28.5 Å². The van der Waals surface area contributed by atoms with Crippen LogP contribution in [0, 0.1) is 15.2 Å². The Labute approximate surface area is 132 Å². The molecule has 0 amide bonds. The predicted octanol–water partition coefficient (Wildman–Crippen LogP) is 4.47. The molecule has 0 fully saturated rings. The first-order chi connectivity index (χ1) is 10.1. The fourth-order valence-corrected chi connectivity index (χ4v) is 2.63. The van der Waals surface area contributed by atoms with E-state index in [1.807, 2.05) is 24.3 Å². The molecule has 6 heteroatoms. The van der Waals surface area contributed by atoms with Crippen molar-refractivity contribution in [2.45, 2.75) is 0 Å². The van der Waals surface area contributed by atoms with Crippen LogP contribution in [0.3, 0.4) is 0 Å². The number of rotatable bonds is 2. The van der Waals surface area contributed by atoms with Crippen LogP contribution in [0.5, 0.6) is 0 Å². The smallest absolute Gasteiger partial charge is 0.230 e. The first-order valence-electron chi connectivity index (χ1n) is 6.03. The Morgan fingerprint density at radius 3 is 2.62 bits per heavy atom. The summed E-state index contributed by atoms with van der Waals surface area (Å²) >= 11 is 2.16. The topological polar surface area (TPSA) is 52.0 Å². The number of nitrogens with zero attached hydrogens (tertiary/aromatic N) is 1. The number of aromatic nitrogens is 1. The lowest BCUT2D eigenvalue weighted by Crippen LogP contribution is -1.92. The van der Waals surface area contributed by atoms with Gasteiger partial charge in [-0.2, -0.15) is 0 Å². The number of hydrogen-bond donors (Lipinski definition) is 1. The summed E-state index contributed by atoms with van der Waals surface area (Å²) in [5, 5.41) is 3.90. The van der Waals surface area contributed by atoms with Crippen molar-refractivity contribution < 1.29 is 13.3 Å². The van der Waals surface area contributed by atoms with Gasteiger partial charge in [-0.05, 0) is 46.9 Å². The number of nitrogens with two attached hydrogens (primary N) is 1. The normalized spacial score (nSPS) is 10.8. The van der Waals surface area contributed by atoms with Crippen molar-refractivity contribution in [3.8, 4) is 22.4 Å². The van der Waals surface area contributed by atoms with E-state index in [9.17, 15) is 8.78 Å². The lowest BCUT2D eigenvalue weighted by molar-refractivity contribution is 0.439. The van der Waals surface area contributed by atoms with Gasteiger partial charge in [0.15, 0.2) is 0 Å². The zero-order chi connectivity index (χ0) is 15.0. The maximum atomic E-state index is 14.0. The third-order valence-corrected chi connectivity index (χ3v) is 3.69. The summed E-state index contributed by atoms with van der Waals surface area (Å²) in [4.78, 5) is 0. The molecular formula is C15H9F2IN2O. The average molecular weight is 398 g/mol. The number of anilines is 1. The van der Waals surface area contributed by atoms with Gasteiger partial charge >= 0.3 is 0 Å². The average Bonchev–Trinajstić information content (AvgIpc) is 2.81. The van der Waals surface area contributed by atoms with E-state index in [0.717, 1.165) is 15.2 Å². The molecule has 0 atom stereocenters. The summed E-state index contributed by atoms with van der Waals surface area (Å²) in [5.41, 5.74) is 7.43. The second-order valence-corrected chi connectivity index (χ2v) is 5.65. The van der Waals surface area contributed by atoms with E-state index in [-0.39, 0.29) is 11.4 Å². The Morgan fingerprint density at radius 2 is 1.90 bits per heavy atom. The molecular weight excluding hydrogens is 389 g/mol. The Balaban J connectivity index is 2.22. The highest BCUT2D eigenvalue weighted by molar-refractivity contribution is 14.1. The molecule has 0 aliphatic heterocycles. The van der Waals surface area contributed by atoms with Gasteiger partial charge in [0.1, 0.15) is 17.3 Å². The van der Waals surface area contributed by atoms with Gasteiger partial charge in [-0.15, -0.1) is 0 Å². The van der Waals surface area contributed by atoms with E-state index in [4.69, 9.17) is 10.3 Å². The third kappa shape index (κ3) is 2.63. The maximum Gasteiger partial charge on any atom is 0.230 e. The highest BCUT2D eigenvalue weighted by Gasteiger charge is 2.20. The number of nitrogen functional groups attached to an aromatic ring is 1. The van der Waals surface area contributed by atoms with Crippen LogP contribution >= 0.6 is 22.6 Å². The van der Waals surface area contributed by atoms with Gasteiger partial charge in [0, 0.05) is 20.8 Å². The van der Waals surface area contributed by atoms with E-state index < -0.39 is 11.6 Å². The molecule has 1 heterocycles. The van der Waals surface area contributed by atoms with Crippen LogP contribution < -0.4 is 5.73 Å². The molecule has 3 aromatic rings. The molecule has 1 aromatic heterocycles. The van der Waals surface area contributed by atoms with Crippen LogP contribution in [0.25, 0.3) is 22.4 Å². The molecule has 2 aromatic carbocycles. The molecule has 0 saturated heterocycles. The molecule has 21 heavy (non-hydrogen) atoms. The second kappa shape index (κ2) is 5.44. The Kier molecular flexibility index (Phi) is 3.62. The highest BCUT2D eigenvalue weighted by Crippen LogP contribution is 2.37. The summed E-state index contributed by atoms with van der Waals surface area (Å²) in [7, 11) is 0. The van der Waals surface area contributed by atoms with Crippen LogP contribution in [0.4, 0.5) is 14.7 Å².